The maximum absolute atomic E-state index is 13.7. The van der Waals surface area contributed by atoms with E-state index in [9.17, 15) is 9.18 Å². The van der Waals surface area contributed by atoms with Crippen molar-refractivity contribution in [2.75, 3.05) is 26.2 Å². The van der Waals surface area contributed by atoms with Crippen molar-refractivity contribution in [1.82, 2.24) is 15.2 Å². The lowest BCUT2D eigenvalue weighted by Crippen LogP contribution is -2.46. The molecule has 1 aromatic heterocycles. The predicted molar refractivity (Wildman–Crippen MR) is 82.5 cm³/mol. The fourth-order valence-corrected chi connectivity index (χ4v) is 3.50. The van der Waals surface area contributed by atoms with Crippen LogP contribution in [0.2, 0.25) is 0 Å². The number of carbonyl (C=O) groups is 1. The van der Waals surface area contributed by atoms with Crippen molar-refractivity contribution in [3.8, 4) is 0 Å². The van der Waals surface area contributed by atoms with Crippen molar-refractivity contribution in [3.05, 3.63) is 40.8 Å². The van der Waals surface area contributed by atoms with Crippen LogP contribution >= 0.6 is 0 Å². The molecule has 0 unspecified atom stereocenters. The molecular weight excluding hydrogens is 281 g/mol. The minimum Gasteiger partial charge on any atom is -0.336 e. The van der Waals surface area contributed by atoms with Crippen molar-refractivity contribution in [3.63, 3.8) is 0 Å². The largest absolute Gasteiger partial charge is 0.336 e. The summed E-state index contributed by atoms with van der Waals surface area (Å²) in [5.41, 5.74) is 3.44. The zero-order chi connectivity index (χ0) is 15.1. The first-order valence-corrected chi connectivity index (χ1v) is 7.85. The van der Waals surface area contributed by atoms with E-state index in [1.807, 2.05) is 4.90 Å². The minimum atomic E-state index is -0.318. The van der Waals surface area contributed by atoms with E-state index in [1.54, 1.807) is 6.07 Å². The van der Waals surface area contributed by atoms with Crippen LogP contribution in [0.4, 0.5) is 4.39 Å². The summed E-state index contributed by atoms with van der Waals surface area (Å²) < 4.78 is 13.7. The Kier molecular flexibility index (Phi) is 3.30. The molecule has 0 spiro atoms. The molecule has 1 amide bonds. The van der Waals surface area contributed by atoms with E-state index in [0.717, 1.165) is 49.1 Å². The second-order valence-electron chi connectivity index (χ2n) is 5.97. The Morgan fingerprint density at radius 2 is 2.05 bits per heavy atom. The third kappa shape index (κ3) is 2.16. The van der Waals surface area contributed by atoms with Crippen molar-refractivity contribution in [1.29, 1.82) is 0 Å². The molecule has 4 nitrogen and oxygen atoms in total. The van der Waals surface area contributed by atoms with E-state index in [4.69, 9.17) is 0 Å². The first-order valence-electron chi connectivity index (χ1n) is 7.85. The van der Waals surface area contributed by atoms with Crippen molar-refractivity contribution < 1.29 is 9.18 Å². The minimum absolute atomic E-state index is 0.0256. The van der Waals surface area contributed by atoms with E-state index in [2.05, 4.69) is 10.3 Å². The molecule has 0 atom stereocenters. The Bertz CT molecular complexity index is 753. The molecule has 0 bridgehead atoms. The van der Waals surface area contributed by atoms with Gasteiger partial charge in [0.1, 0.15) is 5.82 Å². The van der Waals surface area contributed by atoms with Gasteiger partial charge in [-0.1, -0.05) is 0 Å². The number of aromatic nitrogens is 1. The molecule has 114 valence electrons. The van der Waals surface area contributed by atoms with Gasteiger partial charge in [-0.2, -0.15) is 0 Å². The Balaban J connectivity index is 1.90. The van der Waals surface area contributed by atoms with Gasteiger partial charge < -0.3 is 10.2 Å². The van der Waals surface area contributed by atoms with Crippen LogP contribution in [0.15, 0.2) is 18.2 Å². The first-order chi connectivity index (χ1) is 10.7. The number of benzene rings is 1. The molecule has 0 radical (unpaired) electrons. The zero-order valence-electron chi connectivity index (χ0n) is 12.4. The van der Waals surface area contributed by atoms with Crippen molar-refractivity contribution in [2.45, 2.75) is 19.3 Å². The lowest BCUT2D eigenvalue weighted by Gasteiger charge is -2.28. The van der Waals surface area contributed by atoms with E-state index in [-0.39, 0.29) is 11.7 Å². The molecule has 4 rings (SSSR count). The van der Waals surface area contributed by atoms with Gasteiger partial charge in [-0.15, -0.1) is 0 Å². The van der Waals surface area contributed by atoms with Gasteiger partial charge in [-0.3, -0.25) is 9.78 Å². The van der Waals surface area contributed by atoms with Crippen LogP contribution < -0.4 is 5.32 Å². The summed E-state index contributed by atoms with van der Waals surface area (Å²) in [5.74, 6) is -0.292. The number of nitrogens with zero attached hydrogens (tertiary/aromatic N) is 2. The van der Waals surface area contributed by atoms with Gasteiger partial charge in [0.05, 0.1) is 11.1 Å². The summed E-state index contributed by atoms with van der Waals surface area (Å²) >= 11 is 0. The number of pyridine rings is 1. The van der Waals surface area contributed by atoms with Gasteiger partial charge in [0.2, 0.25) is 0 Å². The second kappa shape index (κ2) is 5.32. The number of piperazine rings is 1. The number of halogens is 1. The van der Waals surface area contributed by atoms with Crippen molar-refractivity contribution in [2.24, 2.45) is 0 Å². The van der Waals surface area contributed by atoms with Crippen LogP contribution in [0.1, 0.15) is 28.0 Å². The lowest BCUT2D eigenvalue weighted by molar-refractivity contribution is 0.0736. The van der Waals surface area contributed by atoms with Crippen molar-refractivity contribution >= 4 is 16.8 Å². The highest BCUT2D eigenvalue weighted by Gasteiger charge is 2.27. The Hall–Kier alpha value is -2.01. The quantitative estimate of drug-likeness (QED) is 0.875. The van der Waals surface area contributed by atoms with E-state index in [1.165, 1.54) is 12.1 Å². The lowest BCUT2D eigenvalue weighted by atomic mass is 9.99. The molecule has 2 aliphatic rings. The monoisotopic (exact) mass is 299 g/mol. The molecule has 1 saturated heterocycles. The number of aryl methyl sites for hydroxylation is 1. The molecule has 1 aliphatic heterocycles. The van der Waals surface area contributed by atoms with Crippen LogP contribution in [-0.2, 0) is 12.8 Å². The molecule has 2 heterocycles. The average Bonchev–Trinajstić information content (AvgIpc) is 3.01. The summed E-state index contributed by atoms with van der Waals surface area (Å²) in [7, 11) is 0. The molecule has 1 N–H and O–H groups in total. The molecule has 2 aromatic rings. The Morgan fingerprint density at radius 1 is 1.23 bits per heavy atom. The second-order valence-corrected chi connectivity index (χ2v) is 5.97. The SMILES string of the molecule is O=C(c1c2c(nc3ccc(F)cc13)CCC2)N1CCNCC1. The molecule has 1 aromatic carbocycles. The maximum Gasteiger partial charge on any atom is 0.254 e. The summed E-state index contributed by atoms with van der Waals surface area (Å²) in [5, 5.41) is 3.91. The van der Waals surface area contributed by atoms with Gasteiger partial charge in [0, 0.05) is 37.3 Å². The average molecular weight is 299 g/mol. The van der Waals surface area contributed by atoms with E-state index >= 15 is 0 Å². The van der Waals surface area contributed by atoms with Gasteiger partial charge in [-0.05, 0) is 43.0 Å². The van der Waals surface area contributed by atoms with Crippen LogP contribution in [0.25, 0.3) is 10.9 Å². The molecule has 5 heteroatoms. The van der Waals surface area contributed by atoms with Crippen LogP contribution in [0, 0.1) is 5.82 Å². The number of hydrogen-bond donors (Lipinski definition) is 1. The summed E-state index contributed by atoms with van der Waals surface area (Å²) in [4.78, 5) is 19.5. The molecule has 0 saturated carbocycles. The number of amides is 1. The van der Waals surface area contributed by atoms with Gasteiger partial charge in [0.25, 0.3) is 5.91 Å². The summed E-state index contributed by atoms with van der Waals surface area (Å²) in [6.45, 7) is 3.02. The fraction of sp³-hybridized carbons (Fsp3) is 0.412. The zero-order valence-corrected chi connectivity index (χ0v) is 12.4. The number of fused-ring (bicyclic) bond motifs is 2. The topological polar surface area (TPSA) is 45.2 Å². The van der Waals surface area contributed by atoms with E-state index in [0.29, 0.717) is 24.0 Å². The molecule has 1 fully saturated rings. The number of nitrogens with one attached hydrogen (secondary N) is 1. The number of rotatable bonds is 1. The molecule has 22 heavy (non-hydrogen) atoms. The first kappa shape index (κ1) is 13.6. The van der Waals surface area contributed by atoms with Crippen LogP contribution in [0.3, 0.4) is 0 Å². The Morgan fingerprint density at radius 3 is 2.86 bits per heavy atom. The number of carbonyl (C=O) groups excluding carboxylic acids is 1. The number of hydrogen-bond acceptors (Lipinski definition) is 3. The highest BCUT2D eigenvalue weighted by atomic mass is 19.1. The fourth-order valence-electron chi connectivity index (χ4n) is 3.50. The van der Waals surface area contributed by atoms with Crippen LogP contribution in [0.5, 0.6) is 0 Å². The van der Waals surface area contributed by atoms with E-state index < -0.39 is 0 Å². The third-order valence-corrected chi connectivity index (χ3v) is 4.59. The van der Waals surface area contributed by atoms with Crippen LogP contribution in [-0.4, -0.2) is 42.0 Å². The summed E-state index contributed by atoms with van der Waals surface area (Å²) in [6.07, 6.45) is 2.79. The molecular formula is C17H18FN3O. The maximum atomic E-state index is 13.7. The molecule has 1 aliphatic carbocycles. The predicted octanol–water partition coefficient (Wildman–Crippen LogP) is 1.91. The highest BCUT2D eigenvalue weighted by Crippen LogP contribution is 2.31. The van der Waals surface area contributed by atoms with Gasteiger partial charge in [0.15, 0.2) is 0 Å². The standard InChI is InChI=1S/C17H18FN3O/c18-11-4-5-15-13(10-11)16(12-2-1-3-14(12)20-15)17(22)21-8-6-19-7-9-21/h4-5,10,19H,1-3,6-9H2. The highest BCUT2D eigenvalue weighted by molar-refractivity contribution is 6.07. The third-order valence-electron chi connectivity index (χ3n) is 4.59. The Labute approximate surface area is 128 Å². The smallest absolute Gasteiger partial charge is 0.254 e. The van der Waals surface area contributed by atoms with Gasteiger partial charge >= 0.3 is 0 Å². The summed E-state index contributed by atoms with van der Waals surface area (Å²) in [6, 6.07) is 4.55. The normalized spacial score (nSPS) is 17.8. The van der Waals surface area contributed by atoms with Gasteiger partial charge in [-0.25, -0.2) is 4.39 Å².